The van der Waals surface area contributed by atoms with Crippen LogP contribution in [0, 0.1) is 34.5 Å². The van der Waals surface area contributed by atoms with Gasteiger partial charge in [0.2, 0.25) is 0 Å². The summed E-state index contributed by atoms with van der Waals surface area (Å²) in [6.07, 6.45) is 6.06. The van der Waals surface area contributed by atoms with Crippen molar-refractivity contribution >= 4 is 17.5 Å². The number of carbonyl (C=O) groups is 3. The van der Waals surface area contributed by atoms with Gasteiger partial charge < -0.3 is 4.74 Å². The molecule has 162 valence electrons. The minimum atomic E-state index is -1.02. The predicted molar refractivity (Wildman–Crippen MR) is 115 cm³/mol. The first-order chi connectivity index (χ1) is 13.9. The van der Waals surface area contributed by atoms with Gasteiger partial charge in [0, 0.05) is 23.3 Å². The summed E-state index contributed by atoms with van der Waals surface area (Å²) in [7, 11) is 0. The molecule has 4 rings (SSSR count). The van der Waals surface area contributed by atoms with E-state index in [1.807, 2.05) is 6.08 Å². The molecule has 3 fully saturated rings. The molecule has 0 aromatic rings. The summed E-state index contributed by atoms with van der Waals surface area (Å²) in [5.41, 5.74) is 0.963. The number of carbonyl (C=O) groups excluding carboxylic acids is 3. The van der Waals surface area contributed by atoms with E-state index in [4.69, 9.17) is 4.74 Å². The number of hydrogen-bond acceptors (Lipinski definition) is 4. The number of ketones is 2. The van der Waals surface area contributed by atoms with E-state index in [9.17, 15) is 14.4 Å². The van der Waals surface area contributed by atoms with E-state index in [0.717, 1.165) is 31.3 Å². The van der Waals surface area contributed by atoms with Crippen molar-refractivity contribution in [3.05, 3.63) is 36.0 Å². The lowest BCUT2D eigenvalue weighted by Gasteiger charge is -2.61. The fraction of sp³-hybridized carbons (Fsp3) is 0.654. The van der Waals surface area contributed by atoms with Gasteiger partial charge in [0.25, 0.3) is 0 Å². The SMILES string of the molecule is C=C1C(=C)[C@@]2(C)C(=CC1=O)C(C)C[C@@H]1[C@@H]2CC[C@@]2(C)[C@H]1CC[C@]2(OC(C)=O)C(C)=O. The van der Waals surface area contributed by atoms with Crippen molar-refractivity contribution in [2.24, 2.45) is 34.5 Å². The first kappa shape index (κ1) is 21.3. The van der Waals surface area contributed by atoms with Gasteiger partial charge in [-0.1, -0.05) is 39.5 Å². The number of hydrogen-bond donors (Lipinski definition) is 0. The van der Waals surface area contributed by atoms with Gasteiger partial charge in [0.15, 0.2) is 17.2 Å². The van der Waals surface area contributed by atoms with Gasteiger partial charge in [-0.05, 0) is 74.3 Å². The molecule has 30 heavy (non-hydrogen) atoms. The molecule has 4 aliphatic rings. The molecular weight excluding hydrogens is 376 g/mol. The Bertz CT molecular complexity index is 910. The molecule has 0 aromatic heterocycles. The van der Waals surface area contributed by atoms with Crippen LogP contribution in [-0.4, -0.2) is 23.1 Å². The standard InChI is InChI=1S/C26H34O4/c1-14-12-19-20-9-11-26(17(4)27,30-18(5)28)24(20,6)10-8-21(19)25(7)16(3)15(2)23(29)13-22(14)25/h13-14,19-21H,2-3,8-12H2,1,4-7H3/t14?,19-,20-,21-,24-,25+,26-/m0/s1. The van der Waals surface area contributed by atoms with E-state index < -0.39 is 5.60 Å². The Morgan fingerprint density at radius 3 is 2.33 bits per heavy atom. The summed E-state index contributed by atoms with van der Waals surface area (Å²) in [5, 5.41) is 0. The Hall–Kier alpha value is -1.97. The molecule has 4 aliphatic carbocycles. The van der Waals surface area contributed by atoms with Crippen LogP contribution in [0.3, 0.4) is 0 Å². The largest absolute Gasteiger partial charge is 0.451 e. The molecule has 0 N–H and O–H groups in total. The lowest BCUT2D eigenvalue weighted by atomic mass is 9.43. The summed E-state index contributed by atoms with van der Waals surface area (Å²) in [5.74, 6) is 0.917. The molecule has 0 radical (unpaired) electrons. The highest BCUT2D eigenvalue weighted by Crippen LogP contribution is 2.69. The Labute approximate surface area is 179 Å². The number of Topliss-reactive ketones (excluding diaryl/α,β-unsaturated/α-hetero) is 1. The van der Waals surface area contributed by atoms with E-state index in [0.29, 0.717) is 29.7 Å². The highest BCUT2D eigenvalue weighted by molar-refractivity contribution is 6.09. The van der Waals surface area contributed by atoms with Gasteiger partial charge in [-0.15, -0.1) is 0 Å². The predicted octanol–water partition coefficient (Wildman–Crippen LogP) is 4.99. The number of rotatable bonds is 2. The van der Waals surface area contributed by atoms with Crippen molar-refractivity contribution < 1.29 is 19.1 Å². The zero-order valence-electron chi connectivity index (χ0n) is 19.0. The van der Waals surface area contributed by atoms with Crippen LogP contribution in [-0.2, 0) is 19.1 Å². The quantitative estimate of drug-likeness (QED) is 0.475. The van der Waals surface area contributed by atoms with Crippen molar-refractivity contribution in [2.45, 2.75) is 72.3 Å². The highest BCUT2D eigenvalue weighted by atomic mass is 16.6. The molecule has 7 atom stereocenters. The minimum absolute atomic E-state index is 0.00950. The maximum atomic E-state index is 12.9. The van der Waals surface area contributed by atoms with Crippen molar-refractivity contribution in [1.82, 2.24) is 0 Å². The smallest absolute Gasteiger partial charge is 0.303 e. The van der Waals surface area contributed by atoms with Crippen molar-refractivity contribution in [2.75, 3.05) is 0 Å². The van der Waals surface area contributed by atoms with E-state index in [-0.39, 0.29) is 34.3 Å². The number of fused-ring (bicyclic) bond motifs is 5. The summed E-state index contributed by atoms with van der Waals surface area (Å²) in [6.45, 7) is 18.0. The Balaban J connectivity index is 1.79. The van der Waals surface area contributed by atoms with Crippen molar-refractivity contribution in [3.8, 4) is 0 Å². The first-order valence-electron chi connectivity index (χ1n) is 11.3. The van der Waals surface area contributed by atoms with Crippen molar-refractivity contribution in [1.29, 1.82) is 0 Å². The Kier molecular flexibility index (Phi) is 4.62. The lowest BCUT2D eigenvalue weighted by molar-refractivity contribution is -0.187. The second-order valence-corrected chi connectivity index (χ2v) is 10.6. The molecule has 0 bridgehead atoms. The van der Waals surface area contributed by atoms with E-state index >= 15 is 0 Å². The molecule has 0 saturated heterocycles. The number of esters is 1. The third-order valence-corrected chi connectivity index (χ3v) is 9.52. The molecule has 0 heterocycles. The monoisotopic (exact) mass is 410 g/mol. The van der Waals surface area contributed by atoms with Gasteiger partial charge in [-0.2, -0.15) is 0 Å². The van der Waals surface area contributed by atoms with Gasteiger partial charge >= 0.3 is 5.97 Å². The zero-order chi connectivity index (χ0) is 22.2. The zero-order valence-corrected chi connectivity index (χ0v) is 19.0. The fourth-order valence-electron chi connectivity index (χ4n) is 8.04. The fourth-order valence-corrected chi connectivity index (χ4v) is 8.04. The summed E-state index contributed by atoms with van der Waals surface area (Å²) >= 11 is 0. The lowest BCUT2D eigenvalue weighted by Crippen LogP contribution is -2.59. The molecule has 3 saturated carbocycles. The molecular formula is C26H34O4. The summed E-state index contributed by atoms with van der Waals surface area (Å²) < 4.78 is 5.85. The van der Waals surface area contributed by atoms with Crippen LogP contribution in [0.1, 0.15) is 66.7 Å². The third kappa shape index (κ3) is 2.42. The van der Waals surface area contributed by atoms with Crippen LogP contribution in [0.25, 0.3) is 0 Å². The topological polar surface area (TPSA) is 60.4 Å². The molecule has 0 aliphatic heterocycles. The van der Waals surface area contributed by atoms with E-state index in [1.54, 1.807) is 6.92 Å². The second kappa shape index (κ2) is 6.51. The summed E-state index contributed by atoms with van der Waals surface area (Å²) in [6, 6.07) is 0. The highest BCUT2D eigenvalue weighted by Gasteiger charge is 2.68. The molecule has 0 spiro atoms. The maximum Gasteiger partial charge on any atom is 0.303 e. The second-order valence-electron chi connectivity index (χ2n) is 10.6. The van der Waals surface area contributed by atoms with Crippen LogP contribution < -0.4 is 0 Å². The Morgan fingerprint density at radius 1 is 1.10 bits per heavy atom. The number of allylic oxidation sites excluding steroid dienone is 3. The van der Waals surface area contributed by atoms with Crippen LogP contribution in [0.4, 0.5) is 0 Å². The molecule has 4 heteroatoms. The third-order valence-electron chi connectivity index (χ3n) is 9.52. The van der Waals surface area contributed by atoms with Crippen LogP contribution in [0.2, 0.25) is 0 Å². The Morgan fingerprint density at radius 2 is 1.73 bits per heavy atom. The normalized spacial score (nSPS) is 45.2. The minimum Gasteiger partial charge on any atom is -0.451 e. The molecule has 1 unspecified atom stereocenters. The van der Waals surface area contributed by atoms with Gasteiger partial charge in [-0.25, -0.2) is 0 Å². The van der Waals surface area contributed by atoms with Crippen LogP contribution in [0.15, 0.2) is 36.0 Å². The van der Waals surface area contributed by atoms with Crippen molar-refractivity contribution in [3.63, 3.8) is 0 Å². The van der Waals surface area contributed by atoms with Crippen LogP contribution >= 0.6 is 0 Å². The van der Waals surface area contributed by atoms with E-state index in [1.165, 1.54) is 12.5 Å². The molecule has 4 nitrogen and oxygen atoms in total. The van der Waals surface area contributed by atoms with Crippen LogP contribution in [0.5, 0.6) is 0 Å². The first-order valence-corrected chi connectivity index (χ1v) is 11.3. The van der Waals surface area contributed by atoms with Gasteiger partial charge in [0.05, 0.1) is 0 Å². The van der Waals surface area contributed by atoms with Gasteiger partial charge in [-0.3, -0.25) is 14.4 Å². The van der Waals surface area contributed by atoms with E-state index in [2.05, 4.69) is 33.9 Å². The maximum absolute atomic E-state index is 12.9. The molecule has 0 aromatic carbocycles. The molecule has 0 amide bonds. The summed E-state index contributed by atoms with van der Waals surface area (Å²) in [4.78, 5) is 37.3. The van der Waals surface area contributed by atoms with Gasteiger partial charge in [0.1, 0.15) is 0 Å². The average Bonchev–Trinajstić information content (AvgIpc) is 2.96. The average molecular weight is 411 g/mol. The number of ether oxygens (including phenoxy) is 1.